The van der Waals surface area contributed by atoms with Gasteiger partial charge in [-0.1, -0.05) is 32.9 Å². The Balaban J connectivity index is 2.13. The number of piperidine rings is 1. The summed E-state index contributed by atoms with van der Waals surface area (Å²) in [6.07, 6.45) is 1.52. The summed E-state index contributed by atoms with van der Waals surface area (Å²) in [7, 11) is 0. The molecule has 0 bridgehead atoms. The molecule has 0 aliphatic carbocycles. The topological polar surface area (TPSA) is 105 Å². The maximum absolute atomic E-state index is 13.1. The molecule has 2 rings (SSSR count). The number of rotatable bonds is 5. The fourth-order valence-electron chi connectivity index (χ4n) is 2.97. The van der Waals surface area contributed by atoms with E-state index in [1.807, 2.05) is 20.8 Å². The number of hydrogen-bond donors (Lipinski definition) is 3. The van der Waals surface area contributed by atoms with Crippen molar-refractivity contribution in [2.45, 2.75) is 33.6 Å². The lowest BCUT2D eigenvalue weighted by molar-refractivity contribution is -0.126. The van der Waals surface area contributed by atoms with Gasteiger partial charge in [0.25, 0.3) is 5.91 Å². The van der Waals surface area contributed by atoms with E-state index in [1.54, 1.807) is 29.2 Å². The van der Waals surface area contributed by atoms with E-state index in [0.717, 1.165) is 12.8 Å². The Morgan fingerprint density at radius 3 is 2.59 bits per heavy atom. The van der Waals surface area contributed by atoms with Gasteiger partial charge in [-0.2, -0.15) is 0 Å². The van der Waals surface area contributed by atoms with Gasteiger partial charge in [-0.05, 0) is 25.0 Å². The van der Waals surface area contributed by atoms with Crippen LogP contribution in [0.15, 0.2) is 24.3 Å². The summed E-state index contributed by atoms with van der Waals surface area (Å²) >= 11 is 0. The van der Waals surface area contributed by atoms with Crippen LogP contribution in [0.2, 0.25) is 0 Å². The van der Waals surface area contributed by atoms with Gasteiger partial charge in [-0.3, -0.25) is 14.4 Å². The minimum atomic E-state index is -0.562. The van der Waals surface area contributed by atoms with Crippen LogP contribution in [0, 0.1) is 11.3 Å². The van der Waals surface area contributed by atoms with Crippen molar-refractivity contribution in [3.05, 3.63) is 29.8 Å². The lowest BCUT2D eigenvalue weighted by atomic mass is 9.95. The number of hydrogen-bond acceptors (Lipinski definition) is 4. The highest BCUT2D eigenvalue weighted by atomic mass is 16.2. The largest absolute Gasteiger partial charge is 0.355 e. The highest BCUT2D eigenvalue weighted by Crippen LogP contribution is 2.24. The predicted molar refractivity (Wildman–Crippen MR) is 105 cm³/mol. The zero-order chi connectivity index (χ0) is 20.0. The van der Waals surface area contributed by atoms with Crippen LogP contribution in [0.1, 0.15) is 44.0 Å². The Hall–Kier alpha value is -2.41. The van der Waals surface area contributed by atoms with Gasteiger partial charge in [0.1, 0.15) is 0 Å². The molecule has 1 aromatic carbocycles. The molecule has 1 fully saturated rings. The standard InChI is InChI=1S/C20H30N4O3/c1-20(2,3)19(27)23-16-9-5-4-8-15(16)18(26)24-12-6-7-14(13-24)17(25)22-11-10-21/h4-5,8-9,14H,6-7,10-13,21H2,1-3H3,(H,22,25)(H,23,27). The summed E-state index contributed by atoms with van der Waals surface area (Å²) < 4.78 is 0. The minimum absolute atomic E-state index is 0.0627. The summed E-state index contributed by atoms with van der Waals surface area (Å²) in [5.74, 6) is -0.616. The smallest absolute Gasteiger partial charge is 0.255 e. The number of carbonyl (C=O) groups is 3. The van der Waals surface area contributed by atoms with E-state index in [9.17, 15) is 14.4 Å². The van der Waals surface area contributed by atoms with Gasteiger partial charge in [0.05, 0.1) is 17.2 Å². The Morgan fingerprint density at radius 2 is 1.93 bits per heavy atom. The molecule has 7 nitrogen and oxygen atoms in total. The minimum Gasteiger partial charge on any atom is -0.355 e. The molecule has 1 unspecified atom stereocenters. The first kappa shape index (κ1) is 20.9. The van der Waals surface area contributed by atoms with Gasteiger partial charge in [-0.15, -0.1) is 0 Å². The Bertz CT molecular complexity index is 697. The predicted octanol–water partition coefficient (Wildman–Crippen LogP) is 1.60. The van der Waals surface area contributed by atoms with Crippen molar-refractivity contribution in [1.82, 2.24) is 10.2 Å². The van der Waals surface area contributed by atoms with Crippen LogP contribution in [0.4, 0.5) is 5.69 Å². The third-order valence-electron chi connectivity index (χ3n) is 4.61. The molecule has 0 spiro atoms. The number of nitrogens with two attached hydrogens (primary N) is 1. The average molecular weight is 374 g/mol. The SMILES string of the molecule is CC(C)(C)C(=O)Nc1ccccc1C(=O)N1CCCC(C(=O)NCCN)C1. The molecule has 1 aliphatic heterocycles. The van der Waals surface area contributed by atoms with Crippen LogP contribution in [0.3, 0.4) is 0 Å². The number of benzene rings is 1. The Labute approximate surface area is 160 Å². The summed E-state index contributed by atoms with van der Waals surface area (Å²) in [4.78, 5) is 39.3. The van der Waals surface area contributed by atoms with Crippen LogP contribution in [0.5, 0.6) is 0 Å². The average Bonchev–Trinajstić information content (AvgIpc) is 2.65. The molecule has 1 atom stereocenters. The summed E-state index contributed by atoms with van der Waals surface area (Å²) in [5.41, 5.74) is 5.81. The fraction of sp³-hybridized carbons (Fsp3) is 0.550. The summed E-state index contributed by atoms with van der Waals surface area (Å²) in [5, 5.41) is 5.65. The van der Waals surface area contributed by atoms with Gasteiger partial charge >= 0.3 is 0 Å². The second-order valence-electron chi connectivity index (χ2n) is 7.92. The number of para-hydroxylation sites is 1. The van der Waals surface area contributed by atoms with E-state index >= 15 is 0 Å². The van der Waals surface area contributed by atoms with Crippen LogP contribution in [-0.4, -0.2) is 48.8 Å². The third-order valence-corrected chi connectivity index (χ3v) is 4.61. The first-order valence-corrected chi connectivity index (χ1v) is 9.41. The van der Waals surface area contributed by atoms with Crippen LogP contribution >= 0.6 is 0 Å². The molecule has 148 valence electrons. The maximum Gasteiger partial charge on any atom is 0.255 e. The van der Waals surface area contributed by atoms with E-state index in [1.165, 1.54) is 0 Å². The van der Waals surface area contributed by atoms with Crippen molar-refractivity contribution in [2.24, 2.45) is 17.1 Å². The molecule has 4 N–H and O–H groups in total. The summed E-state index contributed by atoms with van der Waals surface area (Å²) in [6.45, 7) is 7.26. The Kier molecular flexibility index (Phi) is 6.96. The van der Waals surface area contributed by atoms with Gasteiger partial charge < -0.3 is 21.3 Å². The van der Waals surface area contributed by atoms with Crippen molar-refractivity contribution >= 4 is 23.4 Å². The third kappa shape index (κ3) is 5.53. The molecule has 1 aliphatic rings. The number of likely N-dealkylation sites (tertiary alicyclic amines) is 1. The molecular weight excluding hydrogens is 344 g/mol. The highest BCUT2D eigenvalue weighted by Gasteiger charge is 2.30. The summed E-state index contributed by atoms with van der Waals surface area (Å²) in [6, 6.07) is 6.99. The quantitative estimate of drug-likeness (QED) is 0.728. The molecule has 0 aromatic heterocycles. The van der Waals surface area contributed by atoms with E-state index in [2.05, 4.69) is 10.6 Å². The van der Waals surface area contributed by atoms with Crippen LogP contribution in [-0.2, 0) is 9.59 Å². The van der Waals surface area contributed by atoms with Crippen LogP contribution in [0.25, 0.3) is 0 Å². The zero-order valence-corrected chi connectivity index (χ0v) is 16.4. The first-order chi connectivity index (χ1) is 12.7. The molecular formula is C20H30N4O3. The molecule has 3 amide bonds. The van der Waals surface area contributed by atoms with Crippen molar-refractivity contribution in [2.75, 3.05) is 31.5 Å². The Morgan fingerprint density at radius 1 is 1.22 bits per heavy atom. The lowest BCUT2D eigenvalue weighted by Gasteiger charge is -2.32. The molecule has 0 saturated carbocycles. The highest BCUT2D eigenvalue weighted by molar-refractivity contribution is 6.04. The van der Waals surface area contributed by atoms with Crippen molar-refractivity contribution in [3.63, 3.8) is 0 Å². The maximum atomic E-state index is 13.1. The first-order valence-electron chi connectivity index (χ1n) is 9.41. The molecule has 27 heavy (non-hydrogen) atoms. The molecule has 1 aromatic rings. The van der Waals surface area contributed by atoms with E-state index in [-0.39, 0.29) is 23.6 Å². The molecule has 0 radical (unpaired) electrons. The van der Waals surface area contributed by atoms with Gasteiger partial charge in [0.15, 0.2) is 0 Å². The van der Waals surface area contributed by atoms with E-state index < -0.39 is 5.41 Å². The fourth-order valence-corrected chi connectivity index (χ4v) is 2.97. The van der Waals surface area contributed by atoms with Crippen LogP contribution < -0.4 is 16.4 Å². The second kappa shape index (κ2) is 8.99. The number of nitrogens with zero attached hydrogens (tertiary/aromatic N) is 1. The van der Waals surface area contributed by atoms with Crippen molar-refractivity contribution in [1.29, 1.82) is 0 Å². The molecule has 1 heterocycles. The number of amides is 3. The van der Waals surface area contributed by atoms with Crippen molar-refractivity contribution in [3.8, 4) is 0 Å². The normalized spacial score (nSPS) is 17.3. The van der Waals surface area contributed by atoms with E-state index in [0.29, 0.717) is 37.4 Å². The zero-order valence-electron chi connectivity index (χ0n) is 16.4. The number of anilines is 1. The number of carbonyl (C=O) groups excluding carboxylic acids is 3. The second-order valence-corrected chi connectivity index (χ2v) is 7.92. The van der Waals surface area contributed by atoms with Crippen molar-refractivity contribution < 1.29 is 14.4 Å². The lowest BCUT2D eigenvalue weighted by Crippen LogP contribution is -2.46. The monoisotopic (exact) mass is 374 g/mol. The van der Waals surface area contributed by atoms with Gasteiger partial charge in [0, 0.05) is 31.6 Å². The van der Waals surface area contributed by atoms with Gasteiger partial charge in [0.2, 0.25) is 11.8 Å². The van der Waals surface area contributed by atoms with E-state index in [4.69, 9.17) is 5.73 Å². The van der Waals surface area contributed by atoms with Gasteiger partial charge in [-0.25, -0.2) is 0 Å². The number of nitrogens with one attached hydrogen (secondary N) is 2. The molecule has 1 saturated heterocycles. The molecule has 7 heteroatoms.